The molecule has 0 aromatic heterocycles. The maximum Gasteiger partial charge on any atom is 0.417 e. The fourth-order valence-corrected chi connectivity index (χ4v) is 2.30. The van der Waals surface area contributed by atoms with Gasteiger partial charge in [-0.25, -0.2) is 5.48 Å². The third kappa shape index (κ3) is 4.36. The molecule has 132 valence electrons. The molecule has 0 saturated carbocycles. The number of alkyl halides is 3. The molecule has 0 saturated heterocycles. The van der Waals surface area contributed by atoms with Crippen LogP contribution in [0, 0.1) is 0 Å². The summed E-state index contributed by atoms with van der Waals surface area (Å²) in [7, 11) is 0. The molecule has 0 heterocycles. The van der Waals surface area contributed by atoms with Gasteiger partial charge in [-0.3, -0.25) is 14.8 Å². The van der Waals surface area contributed by atoms with Crippen LogP contribution >= 0.6 is 0 Å². The van der Waals surface area contributed by atoms with Crippen LogP contribution in [-0.2, 0) is 6.18 Å². The maximum absolute atomic E-state index is 13.0. The number of rotatable bonds is 4. The number of carbonyl (C=O) groups is 2. The van der Waals surface area contributed by atoms with Crippen molar-refractivity contribution in [2.75, 3.05) is 0 Å². The lowest BCUT2D eigenvalue weighted by Gasteiger charge is -2.17. The van der Waals surface area contributed by atoms with E-state index in [0.29, 0.717) is 5.56 Å². The molecule has 2 rings (SSSR count). The van der Waals surface area contributed by atoms with Crippen LogP contribution in [-0.4, -0.2) is 17.0 Å². The number of carbonyl (C=O) groups excluding carboxylic acids is 2. The van der Waals surface area contributed by atoms with Crippen molar-refractivity contribution in [3.8, 4) is 0 Å². The van der Waals surface area contributed by atoms with E-state index in [1.807, 2.05) is 0 Å². The van der Waals surface area contributed by atoms with Gasteiger partial charge in [-0.2, -0.15) is 13.2 Å². The largest absolute Gasteiger partial charge is 0.417 e. The number of nitrogens with one attached hydrogen (secondary N) is 2. The molecule has 25 heavy (non-hydrogen) atoms. The lowest BCUT2D eigenvalue weighted by atomic mass is 10.0. The standard InChI is InChI=1S/C17H15F3N2O3/c1-10(11-5-4-6-12(9-11)15(23)22-25)21-16(24)13-7-2-3-8-14(13)17(18,19)20/h2-10,25H,1H3,(H,21,24)(H,22,23). The van der Waals surface area contributed by atoms with E-state index in [-0.39, 0.29) is 5.56 Å². The monoisotopic (exact) mass is 352 g/mol. The second-order valence-electron chi connectivity index (χ2n) is 5.30. The van der Waals surface area contributed by atoms with E-state index < -0.39 is 35.2 Å². The molecule has 0 bridgehead atoms. The third-order valence-corrected chi connectivity index (χ3v) is 3.58. The van der Waals surface area contributed by atoms with Crippen LogP contribution in [0.15, 0.2) is 48.5 Å². The van der Waals surface area contributed by atoms with Gasteiger partial charge in [0.1, 0.15) is 0 Å². The zero-order chi connectivity index (χ0) is 18.6. The Morgan fingerprint density at radius 3 is 2.36 bits per heavy atom. The van der Waals surface area contributed by atoms with Gasteiger partial charge in [0, 0.05) is 5.56 Å². The molecule has 3 N–H and O–H groups in total. The molecular weight excluding hydrogens is 337 g/mol. The maximum atomic E-state index is 13.0. The van der Waals surface area contributed by atoms with Crippen LogP contribution in [0.4, 0.5) is 13.2 Å². The molecule has 0 aliphatic heterocycles. The smallest absolute Gasteiger partial charge is 0.346 e. The van der Waals surface area contributed by atoms with E-state index in [9.17, 15) is 22.8 Å². The van der Waals surface area contributed by atoms with Gasteiger partial charge in [0.05, 0.1) is 17.2 Å². The van der Waals surface area contributed by atoms with Crippen LogP contribution in [0.25, 0.3) is 0 Å². The highest BCUT2D eigenvalue weighted by molar-refractivity contribution is 5.96. The first-order valence-electron chi connectivity index (χ1n) is 7.25. The Kier molecular flexibility index (Phi) is 5.43. The van der Waals surface area contributed by atoms with Crippen molar-refractivity contribution in [1.82, 2.24) is 10.8 Å². The summed E-state index contributed by atoms with van der Waals surface area (Å²) in [5.74, 6) is -1.61. The van der Waals surface area contributed by atoms with Gasteiger partial charge in [0.25, 0.3) is 11.8 Å². The van der Waals surface area contributed by atoms with Crippen molar-refractivity contribution >= 4 is 11.8 Å². The number of amides is 2. The average Bonchev–Trinajstić information content (AvgIpc) is 2.60. The lowest BCUT2D eigenvalue weighted by molar-refractivity contribution is -0.137. The van der Waals surface area contributed by atoms with Crippen molar-refractivity contribution in [3.63, 3.8) is 0 Å². The van der Waals surface area contributed by atoms with E-state index in [4.69, 9.17) is 5.21 Å². The van der Waals surface area contributed by atoms with Gasteiger partial charge in [-0.1, -0.05) is 24.3 Å². The van der Waals surface area contributed by atoms with E-state index in [1.54, 1.807) is 13.0 Å². The zero-order valence-electron chi connectivity index (χ0n) is 13.1. The predicted molar refractivity (Wildman–Crippen MR) is 83.0 cm³/mol. The Bertz CT molecular complexity index is 791. The van der Waals surface area contributed by atoms with Gasteiger partial charge < -0.3 is 5.32 Å². The predicted octanol–water partition coefficient (Wildman–Crippen LogP) is 3.32. The van der Waals surface area contributed by atoms with Crippen LogP contribution < -0.4 is 10.8 Å². The number of hydroxylamine groups is 1. The average molecular weight is 352 g/mol. The first-order valence-corrected chi connectivity index (χ1v) is 7.25. The molecule has 2 aromatic carbocycles. The van der Waals surface area contributed by atoms with Crippen molar-refractivity contribution < 1.29 is 28.0 Å². The van der Waals surface area contributed by atoms with Gasteiger partial charge in [0.2, 0.25) is 0 Å². The molecule has 1 unspecified atom stereocenters. The van der Waals surface area contributed by atoms with E-state index in [2.05, 4.69) is 5.32 Å². The Morgan fingerprint density at radius 2 is 1.72 bits per heavy atom. The van der Waals surface area contributed by atoms with Gasteiger partial charge in [-0.05, 0) is 36.8 Å². The van der Waals surface area contributed by atoms with Crippen LogP contribution in [0.3, 0.4) is 0 Å². The topological polar surface area (TPSA) is 78.4 Å². The minimum absolute atomic E-state index is 0.150. The summed E-state index contributed by atoms with van der Waals surface area (Å²) < 4.78 is 39.0. The normalized spacial score (nSPS) is 12.4. The molecule has 0 spiro atoms. The Balaban J connectivity index is 2.23. The Morgan fingerprint density at radius 1 is 1.04 bits per heavy atom. The fraction of sp³-hybridized carbons (Fsp3) is 0.176. The summed E-state index contributed by atoms with van der Waals surface area (Å²) in [5, 5.41) is 11.1. The second-order valence-corrected chi connectivity index (χ2v) is 5.30. The summed E-state index contributed by atoms with van der Waals surface area (Å²) >= 11 is 0. The summed E-state index contributed by atoms with van der Waals surface area (Å²) in [5.41, 5.74) is 0.635. The van der Waals surface area contributed by atoms with Crippen molar-refractivity contribution in [2.45, 2.75) is 19.1 Å². The molecule has 0 radical (unpaired) electrons. The van der Waals surface area contributed by atoms with Gasteiger partial charge in [-0.15, -0.1) is 0 Å². The molecule has 8 heteroatoms. The highest BCUT2D eigenvalue weighted by Gasteiger charge is 2.35. The van der Waals surface area contributed by atoms with Crippen LogP contribution in [0.1, 0.15) is 44.8 Å². The molecule has 5 nitrogen and oxygen atoms in total. The second kappa shape index (κ2) is 7.35. The summed E-state index contributed by atoms with van der Waals surface area (Å²) in [6, 6.07) is 9.85. The van der Waals surface area contributed by atoms with Crippen molar-refractivity contribution in [3.05, 3.63) is 70.8 Å². The molecule has 2 amide bonds. The molecule has 0 fully saturated rings. The highest BCUT2D eigenvalue weighted by Crippen LogP contribution is 2.32. The minimum Gasteiger partial charge on any atom is -0.346 e. The number of benzene rings is 2. The Labute approximate surface area is 141 Å². The minimum atomic E-state index is -4.64. The van der Waals surface area contributed by atoms with E-state index >= 15 is 0 Å². The molecular formula is C17H15F3N2O3. The van der Waals surface area contributed by atoms with E-state index in [0.717, 1.165) is 12.1 Å². The number of hydrogen-bond donors (Lipinski definition) is 3. The van der Waals surface area contributed by atoms with Gasteiger partial charge in [0.15, 0.2) is 0 Å². The summed E-state index contributed by atoms with van der Waals surface area (Å²) in [6.45, 7) is 1.57. The number of hydrogen-bond acceptors (Lipinski definition) is 3. The fourth-order valence-electron chi connectivity index (χ4n) is 2.30. The molecule has 0 aliphatic rings. The lowest BCUT2D eigenvalue weighted by Crippen LogP contribution is -2.29. The summed E-state index contributed by atoms with van der Waals surface area (Å²) in [4.78, 5) is 23.7. The van der Waals surface area contributed by atoms with E-state index in [1.165, 1.54) is 35.8 Å². The summed E-state index contributed by atoms with van der Waals surface area (Å²) in [6.07, 6.45) is -4.64. The van der Waals surface area contributed by atoms with Crippen molar-refractivity contribution in [1.29, 1.82) is 0 Å². The molecule has 2 aromatic rings. The third-order valence-electron chi connectivity index (χ3n) is 3.58. The van der Waals surface area contributed by atoms with Crippen molar-refractivity contribution in [2.24, 2.45) is 0 Å². The molecule has 1 atom stereocenters. The zero-order valence-corrected chi connectivity index (χ0v) is 13.1. The number of halogens is 3. The van der Waals surface area contributed by atoms with Gasteiger partial charge >= 0.3 is 6.18 Å². The first kappa shape index (κ1) is 18.5. The quantitative estimate of drug-likeness (QED) is 0.583. The molecule has 0 aliphatic carbocycles. The van der Waals surface area contributed by atoms with Crippen LogP contribution in [0.5, 0.6) is 0 Å². The SMILES string of the molecule is CC(NC(=O)c1ccccc1C(F)(F)F)c1cccc(C(=O)NO)c1. The highest BCUT2D eigenvalue weighted by atomic mass is 19.4. The first-order chi connectivity index (χ1) is 11.7. The Hall–Kier alpha value is -2.87. The van der Waals surface area contributed by atoms with Crippen LogP contribution in [0.2, 0.25) is 0 Å².